The van der Waals surface area contributed by atoms with Crippen LogP contribution in [0, 0.1) is 12.8 Å². The van der Waals surface area contributed by atoms with Crippen molar-refractivity contribution in [2.24, 2.45) is 5.92 Å². The summed E-state index contributed by atoms with van der Waals surface area (Å²) < 4.78 is 5.19. The first kappa shape index (κ1) is 16.1. The average molecular weight is 287 g/mol. The quantitative estimate of drug-likeness (QED) is 0.925. The van der Waals surface area contributed by atoms with E-state index in [9.17, 15) is 4.79 Å². The minimum absolute atomic E-state index is 0. The Morgan fingerprint density at radius 1 is 1.47 bits per heavy atom. The van der Waals surface area contributed by atoms with Crippen molar-refractivity contribution in [1.82, 2.24) is 10.2 Å². The Balaban J connectivity index is 0.00000180. The van der Waals surface area contributed by atoms with E-state index in [1.165, 1.54) is 0 Å². The van der Waals surface area contributed by atoms with Gasteiger partial charge in [0.05, 0.1) is 11.8 Å². The van der Waals surface area contributed by atoms with E-state index in [4.69, 9.17) is 4.42 Å². The van der Waals surface area contributed by atoms with Crippen LogP contribution >= 0.6 is 12.4 Å². The molecular formula is C14H23ClN2O2. The third-order valence-corrected chi connectivity index (χ3v) is 3.67. The highest BCUT2D eigenvalue weighted by atomic mass is 35.5. The van der Waals surface area contributed by atoms with Crippen LogP contribution < -0.4 is 5.32 Å². The van der Waals surface area contributed by atoms with Gasteiger partial charge in [-0.1, -0.05) is 6.92 Å². The number of likely N-dealkylation sites (tertiary alicyclic amines) is 1. The lowest BCUT2D eigenvalue weighted by atomic mass is 9.96. The van der Waals surface area contributed by atoms with Crippen LogP contribution in [-0.4, -0.2) is 37.0 Å². The van der Waals surface area contributed by atoms with E-state index in [-0.39, 0.29) is 18.3 Å². The lowest BCUT2D eigenvalue weighted by Gasteiger charge is -2.32. The summed E-state index contributed by atoms with van der Waals surface area (Å²) >= 11 is 0. The van der Waals surface area contributed by atoms with Gasteiger partial charge in [-0.3, -0.25) is 4.79 Å². The second kappa shape index (κ2) is 7.56. The maximum atomic E-state index is 12.3. The van der Waals surface area contributed by atoms with Crippen LogP contribution in [0.2, 0.25) is 0 Å². The zero-order chi connectivity index (χ0) is 13.0. The minimum Gasteiger partial charge on any atom is -0.469 e. The summed E-state index contributed by atoms with van der Waals surface area (Å²) in [6, 6.07) is 1.77. The van der Waals surface area contributed by atoms with Crippen molar-refractivity contribution in [3.8, 4) is 0 Å². The Hall–Kier alpha value is -1.00. The highest BCUT2D eigenvalue weighted by Crippen LogP contribution is 2.20. The molecule has 0 atom stereocenters. The van der Waals surface area contributed by atoms with Gasteiger partial charge in [-0.15, -0.1) is 12.4 Å². The molecule has 1 aromatic rings. The molecule has 0 radical (unpaired) electrons. The van der Waals surface area contributed by atoms with Gasteiger partial charge in [0.1, 0.15) is 5.76 Å². The Morgan fingerprint density at radius 3 is 2.68 bits per heavy atom. The molecule has 0 aromatic carbocycles. The van der Waals surface area contributed by atoms with Gasteiger partial charge in [0.2, 0.25) is 0 Å². The predicted molar refractivity (Wildman–Crippen MR) is 77.9 cm³/mol. The van der Waals surface area contributed by atoms with Gasteiger partial charge in [-0.05, 0) is 44.8 Å². The van der Waals surface area contributed by atoms with E-state index in [0.717, 1.165) is 44.8 Å². The van der Waals surface area contributed by atoms with Gasteiger partial charge in [0.25, 0.3) is 5.91 Å². The number of rotatable bonds is 4. The van der Waals surface area contributed by atoms with Gasteiger partial charge in [-0.25, -0.2) is 0 Å². The lowest BCUT2D eigenvalue weighted by Crippen LogP contribution is -2.40. The average Bonchev–Trinajstić information content (AvgIpc) is 2.82. The third kappa shape index (κ3) is 3.98. The summed E-state index contributed by atoms with van der Waals surface area (Å²) in [5, 5.41) is 3.38. The predicted octanol–water partition coefficient (Wildman–Crippen LogP) is 2.47. The lowest BCUT2D eigenvalue weighted by molar-refractivity contribution is 0.0688. The van der Waals surface area contributed by atoms with E-state index in [1.54, 1.807) is 12.3 Å². The molecule has 1 fully saturated rings. The normalized spacial score (nSPS) is 16.2. The van der Waals surface area contributed by atoms with Gasteiger partial charge in [0.15, 0.2) is 0 Å². The SMILES string of the molecule is CCNCC1CCN(C(=O)c2ccoc2C)CC1.Cl. The molecule has 108 valence electrons. The molecular weight excluding hydrogens is 264 g/mol. The van der Waals surface area contributed by atoms with Gasteiger partial charge in [0, 0.05) is 13.1 Å². The third-order valence-electron chi connectivity index (χ3n) is 3.67. The van der Waals surface area contributed by atoms with Gasteiger partial charge in [-0.2, -0.15) is 0 Å². The summed E-state index contributed by atoms with van der Waals surface area (Å²) in [5.74, 6) is 1.54. The molecule has 1 aromatic heterocycles. The fourth-order valence-corrected chi connectivity index (χ4v) is 2.47. The molecule has 0 unspecified atom stereocenters. The number of carbonyl (C=O) groups excluding carboxylic acids is 1. The number of amides is 1. The molecule has 19 heavy (non-hydrogen) atoms. The van der Waals surface area contributed by atoms with Gasteiger partial charge >= 0.3 is 0 Å². The summed E-state index contributed by atoms with van der Waals surface area (Å²) in [6.45, 7) is 7.78. The summed E-state index contributed by atoms with van der Waals surface area (Å²) in [7, 11) is 0. The first-order valence-corrected chi connectivity index (χ1v) is 6.76. The highest BCUT2D eigenvalue weighted by molar-refractivity contribution is 5.95. The van der Waals surface area contributed by atoms with Crippen LogP contribution in [0.3, 0.4) is 0 Å². The summed E-state index contributed by atoms with van der Waals surface area (Å²) in [4.78, 5) is 14.2. The Kier molecular flexibility index (Phi) is 6.38. The highest BCUT2D eigenvalue weighted by Gasteiger charge is 2.24. The van der Waals surface area contributed by atoms with Crippen molar-refractivity contribution in [3.05, 3.63) is 23.7 Å². The van der Waals surface area contributed by atoms with Crippen molar-refractivity contribution in [2.45, 2.75) is 26.7 Å². The van der Waals surface area contributed by atoms with E-state index in [0.29, 0.717) is 11.5 Å². The van der Waals surface area contributed by atoms with E-state index >= 15 is 0 Å². The number of furan rings is 1. The largest absolute Gasteiger partial charge is 0.469 e. The van der Waals surface area contributed by atoms with E-state index in [1.807, 2.05) is 11.8 Å². The number of hydrogen-bond acceptors (Lipinski definition) is 3. The van der Waals surface area contributed by atoms with Crippen molar-refractivity contribution < 1.29 is 9.21 Å². The maximum absolute atomic E-state index is 12.3. The molecule has 1 aliphatic heterocycles. The number of piperidine rings is 1. The molecule has 1 aliphatic rings. The first-order chi connectivity index (χ1) is 8.72. The van der Waals surface area contributed by atoms with Gasteiger partial charge < -0.3 is 14.6 Å². The van der Waals surface area contributed by atoms with Crippen molar-refractivity contribution >= 4 is 18.3 Å². The van der Waals surface area contributed by atoms with Crippen molar-refractivity contribution in [3.63, 3.8) is 0 Å². The monoisotopic (exact) mass is 286 g/mol. The molecule has 0 spiro atoms. The van der Waals surface area contributed by atoms with Crippen LogP contribution in [0.25, 0.3) is 0 Å². The fraction of sp³-hybridized carbons (Fsp3) is 0.643. The Labute approximate surface area is 120 Å². The number of halogens is 1. The second-order valence-corrected chi connectivity index (χ2v) is 4.93. The molecule has 2 rings (SSSR count). The number of nitrogens with one attached hydrogen (secondary N) is 1. The zero-order valence-corrected chi connectivity index (χ0v) is 12.5. The van der Waals surface area contributed by atoms with Crippen LogP contribution in [-0.2, 0) is 0 Å². The first-order valence-electron chi connectivity index (χ1n) is 6.76. The minimum atomic E-state index is 0. The number of carbonyl (C=O) groups is 1. The zero-order valence-electron chi connectivity index (χ0n) is 11.6. The van der Waals surface area contributed by atoms with Crippen molar-refractivity contribution in [1.29, 1.82) is 0 Å². The number of aryl methyl sites for hydroxylation is 1. The fourth-order valence-electron chi connectivity index (χ4n) is 2.47. The smallest absolute Gasteiger partial charge is 0.257 e. The molecule has 2 heterocycles. The molecule has 4 nitrogen and oxygen atoms in total. The second-order valence-electron chi connectivity index (χ2n) is 4.93. The summed E-state index contributed by atoms with van der Waals surface area (Å²) in [6.07, 6.45) is 3.77. The molecule has 1 saturated heterocycles. The molecule has 0 bridgehead atoms. The summed E-state index contributed by atoms with van der Waals surface area (Å²) in [5.41, 5.74) is 0.708. The van der Waals surface area contributed by atoms with Crippen LogP contribution in [0.15, 0.2) is 16.7 Å². The van der Waals surface area contributed by atoms with Crippen molar-refractivity contribution in [2.75, 3.05) is 26.2 Å². The van der Waals surface area contributed by atoms with Crippen LogP contribution in [0.5, 0.6) is 0 Å². The van der Waals surface area contributed by atoms with E-state index in [2.05, 4.69) is 12.2 Å². The Morgan fingerprint density at radius 2 is 2.16 bits per heavy atom. The molecule has 5 heteroatoms. The molecule has 1 amide bonds. The maximum Gasteiger partial charge on any atom is 0.257 e. The van der Waals surface area contributed by atoms with Crippen LogP contribution in [0.1, 0.15) is 35.9 Å². The Bertz CT molecular complexity index is 398. The standard InChI is InChI=1S/C14H22N2O2.ClH/c1-3-15-10-12-4-7-16(8-5-12)14(17)13-6-9-18-11(13)2;/h6,9,12,15H,3-5,7-8,10H2,1-2H3;1H. The van der Waals surface area contributed by atoms with Crippen LogP contribution in [0.4, 0.5) is 0 Å². The topological polar surface area (TPSA) is 45.5 Å². The molecule has 1 N–H and O–H groups in total. The molecule has 0 saturated carbocycles. The number of nitrogens with zero attached hydrogens (tertiary/aromatic N) is 1. The number of hydrogen-bond donors (Lipinski definition) is 1. The molecule has 0 aliphatic carbocycles. The van der Waals surface area contributed by atoms with E-state index < -0.39 is 0 Å².